The van der Waals surface area contributed by atoms with Crippen LogP contribution in [0.25, 0.3) is 0 Å². The maximum Gasteiger partial charge on any atom is 0.302 e. The van der Waals surface area contributed by atoms with E-state index in [0.717, 1.165) is 0 Å². The predicted octanol–water partition coefficient (Wildman–Crippen LogP) is 0.901. The lowest BCUT2D eigenvalue weighted by Crippen LogP contribution is -2.00. The quantitative estimate of drug-likeness (QED) is 0.475. The third-order valence-corrected chi connectivity index (χ3v) is 0.579. The van der Waals surface area contributed by atoms with Gasteiger partial charge in [0.1, 0.15) is 6.61 Å². The molecular weight excluding hydrogens is 148 g/mol. The topological polar surface area (TPSA) is 26.3 Å². The normalized spacial score (nSPS) is 7.25. The van der Waals surface area contributed by atoms with E-state index in [1.54, 1.807) is 0 Å². The summed E-state index contributed by atoms with van der Waals surface area (Å²) >= 11 is 3.82. The summed E-state index contributed by atoms with van der Waals surface area (Å²) in [7, 11) is 0. The molecule has 0 rings (SSSR count). The zero-order valence-corrected chi connectivity index (χ0v) is 6.30. The molecule has 0 fully saturated rings. The van der Waals surface area contributed by atoms with Crippen molar-refractivity contribution in [1.82, 2.24) is 0 Å². The van der Waals surface area contributed by atoms with Crippen molar-refractivity contribution in [2.75, 3.05) is 12.4 Å². The van der Waals surface area contributed by atoms with Crippen molar-refractivity contribution in [3.8, 4) is 0 Å². The molecule has 0 spiro atoms. The summed E-state index contributed by atoms with van der Waals surface area (Å²) in [6, 6.07) is 0. The Hall–Kier alpha value is 0.110. The molecule has 0 N–H and O–H groups in total. The van der Waals surface area contributed by atoms with E-state index in [4.69, 9.17) is 0 Å². The van der Waals surface area contributed by atoms with Gasteiger partial charge in [0.25, 0.3) is 0 Å². The van der Waals surface area contributed by atoms with Gasteiger partial charge in [0, 0.05) is 12.7 Å². The summed E-state index contributed by atoms with van der Waals surface area (Å²) in [5.74, 6) is 0.355. The molecule has 0 atom stereocenters. The van der Waals surface area contributed by atoms with Crippen molar-refractivity contribution in [2.24, 2.45) is 0 Å². The Kier molecular flexibility index (Phi) is 9.76. The fourth-order valence-corrected chi connectivity index (χ4v) is 0.281. The first-order valence-corrected chi connectivity index (χ1v) is 2.65. The summed E-state index contributed by atoms with van der Waals surface area (Å²) < 4.78 is 4.48. The predicted molar refractivity (Wildman–Crippen MR) is 37.7 cm³/mol. The number of ether oxygens (including phenoxy) is 1. The fraction of sp³-hybridized carbons (Fsp3) is 0.750. The Morgan fingerprint density at radius 1 is 1.75 bits per heavy atom. The Balaban J connectivity index is 0. The maximum absolute atomic E-state index is 9.95. The molecule has 0 aliphatic heterocycles. The molecule has 0 heterocycles. The third-order valence-electron chi connectivity index (χ3n) is 0.397. The van der Waals surface area contributed by atoms with Gasteiger partial charge in [-0.2, -0.15) is 12.6 Å². The summed E-state index contributed by atoms with van der Waals surface area (Å²) in [4.78, 5) is 9.95. The summed E-state index contributed by atoms with van der Waals surface area (Å²) in [6.45, 7) is 1.79. The summed E-state index contributed by atoms with van der Waals surface area (Å²) in [5, 5.41) is 0. The Labute approximate surface area is 60.4 Å². The van der Waals surface area contributed by atoms with Crippen molar-refractivity contribution in [3.63, 3.8) is 0 Å². The molecule has 0 aliphatic carbocycles. The van der Waals surface area contributed by atoms with Crippen LogP contribution in [0.15, 0.2) is 0 Å². The van der Waals surface area contributed by atoms with E-state index >= 15 is 0 Å². The van der Waals surface area contributed by atoms with E-state index in [9.17, 15) is 4.79 Å². The number of thiol groups is 1. The zero-order chi connectivity index (χ0) is 5.70. The number of carbonyl (C=O) groups excluding carboxylic acids is 1. The molecule has 0 saturated heterocycles. The van der Waals surface area contributed by atoms with Crippen LogP contribution in [0.2, 0.25) is 0 Å². The molecule has 8 heavy (non-hydrogen) atoms. The number of rotatable bonds is 2. The average molecular weight is 157 g/mol. The number of hydrogen-bond acceptors (Lipinski definition) is 3. The minimum Gasteiger partial charge on any atom is -0.465 e. The van der Waals surface area contributed by atoms with Crippen molar-refractivity contribution >= 4 is 31.0 Å². The highest BCUT2D eigenvalue weighted by molar-refractivity contribution is 7.80. The maximum atomic E-state index is 9.95. The van der Waals surface area contributed by atoms with Gasteiger partial charge in [-0.15, -0.1) is 12.4 Å². The van der Waals surface area contributed by atoms with Gasteiger partial charge in [0.15, 0.2) is 0 Å². The second-order valence-electron chi connectivity index (χ2n) is 1.06. The van der Waals surface area contributed by atoms with Gasteiger partial charge < -0.3 is 4.74 Å². The molecule has 4 heteroatoms. The summed E-state index contributed by atoms with van der Waals surface area (Å²) in [5.41, 5.74) is 0. The molecule has 2 nitrogen and oxygen atoms in total. The van der Waals surface area contributed by atoms with E-state index in [1.807, 2.05) is 0 Å². The van der Waals surface area contributed by atoms with Crippen molar-refractivity contribution in [2.45, 2.75) is 6.92 Å². The highest BCUT2D eigenvalue weighted by atomic mass is 35.5. The van der Waals surface area contributed by atoms with E-state index in [2.05, 4.69) is 17.4 Å². The molecule has 0 bridgehead atoms. The standard InChI is InChI=1S/C4H8O2S.ClH/c1-4(5)6-2-3-7;/h7H,2-3H2,1H3;1H. The van der Waals surface area contributed by atoms with Crippen molar-refractivity contribution in [1.29, 1.82) is 0 Å². The molecule has 0 radical (unpaired) electrons. The van der Waals surface area contributed by atoms with Crippen LogP contribution in [-0.4, -0.2) is 18.3 Å². The molecule has 0 unspecified atom stereocenters. The SMILES string of the molecule is CC(=O)OCCS.Cl. The molecule has 0 aromatic carbocycles. The van der Waals surface area contributed by atoms with Gasteiger partial charge in [-0.05, 0) is 0 Å². The number of halogens is 1. The van der Waals surface area contributed by atoms with Gasteiger partial charge in [-0.25, -0.2) is 0 Å². The fourth-order valence-electron chi connectivity index (χ4n) is 0.189. The first-order chi connectivity index (χ1) is 3.27. The first-order valence-electron chi connectivity index (χ1n) is 2.01. The monoisotopic (exact) mass is 156 g/mol. The van der Waals surface area contributed by atoms with E-state index in [-0.39, 0.29) is 18.4 Å². The van der Waals surface area contributed by atoms with Gasteiger partial charge in [-0.3, -0.25) is 4.79 Å². The zero-order valence-electron chi connectivity index (χ0n) is 4.59. The van der Waals surface area contributed by atoms with Crippen LogP contribution >= 0.6 is 25.0 Å². The Bertz CT molecular complexity index is 67.1. The molecular formula is C4H9ClO2S. The van der Waals surface area contributed by atoms with Crippen LogP contribution in [0.1, 0.15) is 6.92 Å². The van der Waals surface area contributed by atoms with Gasteiger partial charge in [-0.1, -0.05) is 0 Å². The van der Waals surface area contributed by atoms with Crippen LogP contribution in [-0.2, 0) is 9.53 Å². The highest BCUT2D eigenvalue weighted by Gasteiger charge is 1.85. The van der Waals surface area contributed by atoms with Crippen LogP contribution < -0.4 is 0 Å². The lowest BCUT2D eigenvalue weighted by molar-refractivity contribution is -0.140. The lowest BCUT2D eigenvalue weighted by atomic mass is 10.8. The molecule has 0 aromatic heterocycles. The van der Waals surface area contributed by atoms with Crippen LogP contribution in [0.4, 0.5) is 0 Å². The van der Waals surface area contributed by atoms with E-state index in [1.165, 1.54) is 6.92 Å². The first kappa shape index (κ1) is 11.0. The third kappa shape index (κ3) is 9.44. The van der Waals surface area contributed by atoms with Crippen molar-refractivity contribution in [3.05, 3.63) is 0 Å². The minimum absolute atomic E-state index is 0. The van der Waals surface area contributed by atoms with E-state index in [0.29, 0.717) is 12.4 Å². The average Bonchev–Trinajstić information content (AvgIpc) is 1.61. The highest BCUT2D eigenvalue weighted by Crippen LogP contribution is 1.77. The second kappa shape index (κ2) is 7.11. The number of esters is 1. The number of carbonyl (C=O) groups is 1. The van der Waals surface area contributed by atoms with Gasteiger partial charge in [0.2, 0.25) is 0 Å². The number of hydrogen-bond donors (Lipinski definition) is 1. The smallest absolute Gasteiger partial charge is 0.302 e. The molecule has 0 saturated carbocycles. The Morgan fingerprint density at radius 3 is 2.38 bits per heavy atom. The van der Waals surface area contributed by atoms with Gasteiger partial charge >= 0.3 is 5.97 Å². The van der Waals surface area contributed by atoms with Gasteiger partial charge in [0.05, 0.1) is 0 Å². The Morgan fingerprint density at radius 2 is 2.25 bits per heavy atom. The molecule has 0 amide bonds. The van der Waals surface area contributed by atoms with Crippen LogP contribution in [0.3, 0.4) is 0 Å². The molecule has 0 aromatic rings. The largest absolute Gasteiger partial charge is 0.465 e. The van der Waals surface area contributed by atoms with Crippen LogP contribution in [0.5, 0.6) is 0 Å². The second-order valence-corrected chi connectivity index (χ2v) is 1.51. The molecule has 50 valence electrons. The van der Waals surface area contributed by atoms with Crippen LogP contribution in [0, 0.1) is 0 Å². The summed E-state index contributed by atoms with van der Waals surface area (Å²) in [6.07, 6.45) is 0. The minimum atomic E-state index is -0.242. The van der Waals surface area contributed by atoms with E-state index < -0.39 is 0 Å². The molecule has 0 aliphatic rings. The van der Waals surface area contributed by atoms with Crippen molar-refractivity contribution < 1.29 is 9.53 Å². The lowest BCUT2D eigenvalue weighted by Gasteiger charge is -1.93.